The molecule has 1 aliphatic heterocycles. The molecule has 1 heterocycles. The average molecular weight is 479 g/mol. The second kappa shape index (κ2) is 10.3. The van der Waals surface area contributed by atoms with Gasteiger partial charge in [-0.1, -0.05) is 34.1 Å². The fourth-order valence-corrected chi connectivity index (χ4v) is 3.63. The van der Waals surface area contributed by atoms with E-state index in [1.54, 1.807) is 17.0 Å². The Bertz CT molecular complexity index is 914. The number of hydrogen-bond donors (Lipinski definition) is 1. The Balaban J connectivity index is 1.55. The third kappa shape index (κ3) is 6.13. The number of carbonyl (C=O) groups is 2. The lowest BCUT2D eigenvalue weighted by atomic mass is 9.95. The first-order chi connectivity index (χ1) is 14.4. The second-order valence-electron chi connectivity index (χ2n) is 6.85. The quantitative estimate of drug-likeness (QED) is 0.598. The van der Waals surface area contributed by atoms with Crippen LogP contribution in [0.2, 0.25) is 0 Å². The number of hydrogen-bond acceptors (Lipinski definition) is 3. The molecule has 1 N–H and O–H groups in total. The van der Waals surface area contributed by atoms with Gasteiger partial charge >= 0.3 is 6.61 Å². The first-order valence-corrected chi connectivity index (χ1v) is 10.3. The Morgan fingerprint density at radius 2 is 1.83 bits per heavy atom. The van der Waals surface area contributed by atoms with Crippen LogP contribution in [0.4, 0.5) is 14.5 Å². The molecule has 0 unspecified atom stereocenters. The zero-order chi connectivity index (χ0) is 21.5. The second-order valence-corrected chi connectivity index (χ2v) is 7.76. The van der Waals surface area contributed by atoms with Gasteiger partial charge in [0.05, 0.1) is 0 Å². The Kier molecular flexibility index (Phi) is 7.57. The third-order valence-corrected chi connectivity index (χ3v) is 5.31. The molecule has 2 amide bonds. The molecule has 0 aromatic heterocycles. The summed E-state index contributed by atoms with van der Waals surface area (Å²) in [5, 5.41) is 2.89. The van der Waals surface area contributed by atoms with E-state index in [4.69, 9.17) is 0 Å². The maximum absolute atomic E-state index is 12.6. The van der Waals surface area contributed by atoms with Crippen molar-refractivity contribution in [2.75, 3.05) is 18.4 Å². The lowest BCUT2D eigenvalue weighted by Crippen LogP contribution is -2.40. The van der Waals surface area contributed by atoms with Crippen LogP contribution in [0.5, 0.6) is 5.75 Å². The normalized spacial score (nSPS) is 14.9. The van der Waals surface area contributed by atoms with E-state index in [0.29, 0.717) is 36.0 Å². The van der Waals surface area contributed by atoms with Crippen LogP contribution in [0.3, 0.4) is 0 Å². The summed E-state index contributed by atoms with van der Waals surface area (Å²) < 4.78 is 30.3. The van der Waals surface area contributed by atoms with Crippen LogP contribution < -0.4 is 10.1 Å². The number of likely N-dealkylation sites (tertiary alicyclic amines) is 1. The lowest BCUT2D eigenvalue weighted by molar-refractivity contribution is -0.130. The SMILES string of the molecule is O=C(Nc1ccccc1)C1CCN(C(=O)/C=C/c2cc(Br)ccc2OC(F)F)CC1. The number of para-hydroxylation sites is 1. The molecule has 2 aromatic carbocycles. The highest BCUT2D eigenvalue weighted by Gasteiger charge is 2.26. The summed E-state index contributed by atoms with van der Waals surface area (Å²) in [6.45, 7) is -2.04. The van der Waals surface area contributed by atoms with Crippen molar-refractivity contribution in [1.82, 2.24) is 4.90 Å². The topological polar surface area (TPSA) is 58.6 Å². The number of halogens is 3. The molecule has 0 aliphatic carbocycles. The molecule has 1 saturated heterocycles. The van der Waals surface area contributed by atoms with Crippen LogP contribution in [-0.2, 0) is 9.59 Å². The van der Waals surface area contributed by atoms with E-state index in [1.165, 1.54) is 18.2 Å². The summed E-state index contributed by atoms with van der Waals surface area (Å²) >= 11 is 3.28. The Hall–Kier alpha value is -2.74. The van der Waals surface area contributed by atoms with Crippen LogP contribution in [0.25, 0.3) is 6.08 Å². The minimum absolute atomic E-state index is 0.00598. The molecule has 8 heteroatoms. The fourth-order valence-electron chi connectivity index (χ4n) is 3.25. The van der Waals surface area contributed by atoms with Crippen LogP contribution in [-0.4, -0.2) is 36.4 Å². The maximum Gasteiger partial charge on any atom is 0.387 e. The summed E-state index contributed by atoms with van der Waals surface area (Å²) in [6, 6.07) is 13.8. The molecule has 1 aliphatic rings. The molecule has 30 heavy (non-hydrogen) atoms. The van der Waals surface area contributed by atoms with Gasteiger partial charge in [0.2, 0.25) is 11.8 Å². The molecule has 0 bridgehead atoms. The summed E-state index contributed by atoms with van der Waals surface area (Å²) in [4.78, 5) is 26.5. The average Bonchev–Trinajstić information content (AvgIpc) is 2.74. The molecule has 0 atom stereocenters. The van der Waals surface area contributed by atoms with Gasteiger partial charge in [0.25, 0.3) is 0 Å². The molecule has 0 radical (unpaired) electrons. The summed E-state index contributed by atoms with van der Waals surface area (Å²) in [5.41, 5.74) is 1.12. The molecular weight excluding hydrogens is 458 g/mol. The van der Waals surface area contributed by atoms with Gasteiger partial charge in [-0.05, 0) is 49.2 Å². The first-order valence-electron chi connectivity index (χ1n) is 9.49. The minimum Gasteiger partial charge on any atom is -0.434 e. The summed E-state index contributed by atoms with van der Waals surface area (Å²) in [7, 11) is 0. The number of nitrogens with zero attached hydrogens (tertiary/aromatic N) is 1. The molecule has 5 nitrogen and oxygen atoms in total. The van der Waals surface area contributed by atoms with Gasteiger partial charge in [-0.2, -0.15) is 8.78 Å². The standard InChI is InChI=1S/C22H21BrF2N2O3/c23-17-7-8-19(30-22(24)25)16(14-17)6-9-20(28)27-12-10-15(11-13-27)21(29)26-18-4-2-1-3-5-18/h1-9,14-15,22H,10-13H2,(H,26,29)/b9-6+. The molecule has 3 rings (SSSR count). The third-order valence-electron chi connectivity index (χ3n) is 4.81. The van der Waals surface area contributed by atoms with E-state index in [-0.39, 0.29) is 23.5 Å². The first kappa shape index (κ1) is 22.0. The van der Waals surface area contributed by atoms with E-state index < -0.39 is 6.61 Å². The van der Waals surface area contributed by atoms with Gasteiger partial charge in [-0.25, -0.2) is 0 Å². The van der Waals surface area contributed by atoms with Crippen LogP contribution in [0.15, 0.2) is 59.1 Å². The zero-order valence-corrected chi connectivity index (χ0v) is 17.6. The maximum atomic E-state index is 12.6. The van der Waals surface area contributed by atoms with E-state index in [1.807, 2.05) is 30.3 Å². The van der Waals surface area contributed by atoms with Crippen LogP contribution in [0.1, 0.15) is 18.4 Å². The number of carbonyl (C=O) groups excluding carboxylic acids is 2. The zero-order valence-electron chi connectivity index (χ0n) is 16.1. The van der Waals surface area contributed by atoms with E-state index in [9.17, 15) is 18.4 Å². The highest BCUT2D eigenvalue weighted by atomic mass is 79.9. The number of anilines is 1. The van der Waals surface area contributed by atoms with Crippen molar-refractivity contribution >= 4 is 39.5 Å². The predicted molar refractivity (Wildman–Crippen MR) is 114 cm³/mol. The number of ether oxygens (including phenoxy) is 1. The van der Waals surface area contributed by atoms with Gasteiger partial charge in [0, 0.05) is 40.8 Å². The van der Waals surface area contributed by atoms with Crippen molar-refractivity contribution < 1.29 is 23.1 Å². The number of rotatable bonds is 6. The van der Waals surface area contributed by atoms with Crippen LogP contribution in [0, 0.1) is 5.92 Å². The van der Waals surface area contributed by atoms with Crippen molar-refractivity contribution in [2.24, 2.45) is 5.92 Å². The summed E-state index contributed by atoms with van der Waals surface area (Å²) in [6.07, 6.45) is 3.92. The van der Waals surface area contributed by atoms with Crippen molar-refractivity contribution in [3.05, 3.63) is 64.6 Å². The predicted octanol–water partition coefficient (Wildman–Crippen LogP) is 4.94. The van der Waals surface area contributed by atoms with Gasteiger partial charge in [0.15, 0.2) is 0 Å². The van der Waals surface area contributed by atoms with Gasteiger partial charge < -0.3 is 15.0 Å². The monoisotopic (exact) mass is 478 g/mol. The number of piperidine rings is 1. The van der Waals surface area contributed by atoms with Crippen molar-refractivity contribution in [3.63, 3.8) is 0 Å². The van der Waals surface area contributed by atoms with Crippen molar-refractivity contribution in [3.8, 4) is 5.75 Å². The Labute approximate surface area is 181 Å². The van der Waals surface area contributed by atoms with Crippen molar-refractivity contribution in [1.29, 1.82) is 0 Å². The summed E-state index contributed by atoms with van der Waals surface area (Å²) in [5.74, 6) is -0.449. The lowest BCUT2D eigenvalue weighted by Gasteiger charge is -2.30. The van der Waals surface area contributed by atoms with E-state index in [0.717, 1.165) is 5.69 Å². The Morgan fingerprint density at radius 1 is 1.13 bits per heavy atom. The number of nitrogens with one attached hydrogen (secondary N) is 1. The largest absolute Gasteiger partial charge is 0.434 e. The van der Waals surface area contributed by atoms with Crippen LogP contribution >= 0.6 is 15.9 Å². The van der Waals surface area contributed by atoms with Gasteiger partial charge in [-0.15, -0.1) is 0 Å². The van der Waals surface area contributed by atoms with E-state index in [2.05, 4.69) is 26.0 Å². The molecule has 158 valence electrons. The molecule has 0 spiro atoms. The smallest absolute Gasteiger partial charge is 0.387 e. The van der Waals surface area contributed by atoms with Crippen molar-refractivity contribution in [2.45, 2.75) is 19.5 Å². The number of benzene rings is 2. The molecular formula is C22H21BrF2N2O3. The number of alkyl halides is 2. The van der Waals surface area contributed by atoms with E-state index >= 15 is 0 Å². The number of amides is 2. The molecule has 1 fully saturated rings. The fraction of sp³-hybridized carbons (Fsp3) is 0.273. The van der Waals surface area contributed by atoms with Gasteiger partial charge in [-0.3, -0.25) is 9.59 Å². The highest BCUT2D eigenvalue weighted by Crippen LogP contribution is 2.26. The Morgan fingerprint density at radius 3 is 2.50 bits per heavy atom. The molecule has 2 aromatic rings. The minimum atomic E-state index is -2.95. The van der Waals surface area contributed by atoms with Gasteiger partial charge in [0.1, 0.15) is 5.75 Å². The molecule has 0 saturated carbocycles. The highest BCUT2D eigenvalue weighted by molar-refractivity contribution is 9.10.